The molecule has 1 aromatic carbocycles. The van der Waals surface area contributed by atoms with Crippen LogP contribution in [0.5, 0.6) is 0 Å². The number of rotatable bonds is 7. The number of unbranched alkanes of at least 4 members (excludes halogenated alkanes) is 1. The van der Waals surface area contributed by atoms with Crippen molar-refractivity contribution in [1.29, 1.82) is 0 Å². The van der Waals surface area contributed by atoms with Crippen LogP contribution in [0.3, 0.4) is 0 Å². The summed E-state index contributed by atoms with van der Waals surface area (Å²) in [5.74, 6) is -0.144. The molecule has 2 atom stereocenters. The molecule has 3 nitrogen and oxygen atoms in total. The van der Waals surface area contributed by atoms with Crippen molar-refractivity contribution in [3.05, 3.63) is 29.3 Å². The molecule has 0 bridgehead atoms. The lowest BCUT2D eigenvalue weighted by Crippen LogP contribution is -2.38. The Kier molecular flexibility index (Phi) is 6.77. The molecular weight excluding hydrogens is 294 g/mol. The third-order valence-electron chi connectivity index (χ3n) is 4.30. The summed E-state index contributed by atoms with van der Waals surface area (Å²) in [6.45, 7) is 5.42. The van der Waals surface area contributed by atoms with Crippen LogP contribution in [-0.4, -0.2) is 25.4 Å². The highest BCUT2D eigenvalue weighted by atomic mass is 32.2. The van der Waals surface area contributed by atoms with Crippen molar-refractivity contribution in [3.8, 4) is 0 Å². The molecule has 1 heterocycles. The van der Waals surface area contributed by atoms with Crippen LogP contribution in [0, 0.1) is 5.92 Å². The predicted octanol–water partition coefficient (Wildman–Crippen LogP) is 3.96. The lowest BCUT2D eigenvalue weighted by atomic mass is 9.83. The average molecular weight is 321 g/mol. The van der Waals surface area contributed by atoms with Gasteiger partial charge in [0.15, 0.2) is 0 Å². The first kappa shape index (κ1) is 17.4. The summed E-state index contributed by atoms with van der Waals surface area (Å²) in [5, 5.41) is 3.55. The Balaban J connectivity index is 2.27. The zero-order chi connectivity index (χ0) is 15.9. The van der Waals surface area contributed by atoms with Crippen molar-refractivity contribution in [1.82, 2.24) is 5.32 Å². The minimum Gasteiger partial charge on any atom is -0.466 e. The van der Waals surface area contributed by atoms with Gasteiger partial charge in [-0.3, -0.25) is 4.79 Å². The Morgan fingerprint density at radius 2 is 2.27 bits per heavy atom. The van der Waals surface area contributed by atoms with E-state index in [1.807, 2.05) is 6.92 Å². The fourth-order valence-corrected chi connectivity index (χ4v) is 3.62. The molecule has 0 saturated carbocycles. The van der Waals surface area contributed by atoms with Gasteiger partial charge in [-0.05, 0) is 55.8 Å². The van der Waals surface area contributed by atoms with Gasteiger partial charge in [0.05, 0.1) is 12.5 Å². The molecule has 4 heteroatoms. The number of fused-ring (bicyclic) bond motifs is 1. The van der Waals surface area contributed by atoms with Gasteiger partial charge >= 0.3 is 5.97 Å². The number of benzene rings is 1. The summed E-state index contributed by atoms with van der Waals surface area (Å²) in [7, 11) is 0. The van der Waals surface area contributed by atoms with Gasteiger partial charge in [0.1, 0.15) is 0 Å². The first-order chi connectivity index (χ1) is 10.7. The number of hydrogen-bond donors (Lipinski definition) is 1. The molecule has 1 aliphatic heterocycles. The molecule has 2 rings (SSSR count). The maximum absolute atomic E-state index is 12.4. The number of carbonyl (C=O) groups excluding carboxylic acids is 1. The zero-order valence-corrected chi connectivity index (χ0v) is 14.7. The molecule has 0 saturated heterocycles. The maximum atomic E-state index is 12.4. The Hall–Kier alpha value is -1.00. The first-order valence-electron chi connectivity index (χ1n) is 8.28. The van der Waals surface area contributed by atoms with Crippen LogP contribution in [0.1, 0.15) is 50.3 Å². The van der Waals surface area contributed by atoms with Crippen molar-refractivity contribution in [2.45, 2.75) is 50.5 Å². The minimum atomic E-state index is -0.0842. The molecule has 0 aliphatic carbocycles. The second-order valence-electron chi connectivity index (χ2n) is 5.75. The molecule has 0 amide bonds. The Morgan fingerprint density at radius 1 is 1.45 bits per heavy atom. The molecule has 1 aromatic rings. The molecule has 1 N–H and O–H groups in total. The summed E-state index contributed by atoms with van der Waals surface area (Å²) in [6, 6.07) is 6.71. The largest absolute Gasteiger partial charge is 0.466 e. The van der Waals surface area contributed by atoms with Crippen LogP contribution in [0.2, 0.25) is 0 Å². The summed E-state index contributed by atoms with van der Waals surface area (Å²) in [6.07, 6.45) is 6.17. The Labute approximate surface area is 138 Å². The van der Waals surface area contributed by atoms with E-state index >= 15 is 0 Å². The van der Waals surface area contributed by atoms with Gasteiger partial charge in [0, 0.05) is 10.9 Å². The third kappa shape index (κ3) is 4.05. The molecule has 22 heavy (non-hydrogen) atoms. The van der Waals surface area contributed by atoms with Crippen LogP contribution >= 0.6 is 11.8 Å². The van der Waals surface area contributed by atoms with E-state index in [1.165, 1.54) is 16.0 Å². The van der Waals surface area contributed by atoms with Gasteiger partial charge in [0.2, 0.25) is 0 Å². The van der Waals surface area contributed by atoms with E-state index in [1.54, 1.807) is 11.8 Å². The number of esters is 1. The highest BCUT2D eigenvalue weighted by Gasteiger charge is 2.33. The molecule has 1 aliphatic rings. The predicted molar refractivity (Wildman–Crippen MR) is 92.3 cm³/mol. The van der Waals surface area contributed by atoms with Gasteiger partial charge in [-0.25, -0.2) is 0 Å². The van der Waals surface area contributed by atoms with Crippen molar-refractivity contribution in [2.24, 2.45) is 5.92 Å². The minimum absolute atomic E-state index is 0.0600. The molecule has 0 aromatic heterocycles. The van der Waals surface area contributed by atoms with Crippen molar-refractivity contribution in [2.75, 3.05) is 19.4 Å². The second-order valence-corrected chi connectivity index (χ2v) is 6.63. The van der Waals surface area contributed by atoms with Crippen LogP contribution in [-0.2, 0) is 16.0 Å². The summed E-state index contributed by atoms with van der Waals surface area (Å²) in [5.41, 5.74) is 2.65. The third-order valence-corrected chi connectivity index (χ3v) is 5.03. The number of carbonyl (C=O) groups is 1. The van der Waals surface area contributed by atoms with Gasteiger partial charge in [-0.2, -0.15) is 0 Å². The van der Waals surface area contributed by atoms with Gasteiger partial charge < -0.3 is 10.1 Å². The van der Waals surface area contributed by atoms with E-state index in [9.17, 15) is 4.79 Å². The van der Waals surface area contributed by atoms with Crippen LogP contribution in [0.4, 0.5) is 0 Å². The number of hydrogen-bond acceptors (Lipinski definition) is 4. The highest BCUT2D eigenvalue weighted by Crippen LogP contribution is 2.34. The molecule has 0 spiro atoms. The molecule has 0 radical (unpaired) electrons. The van der Waals surface area contributed by atoms with E-state index in [2.05, 4.69) is 36.7 Å². The van der Waals surface area contributed by atoms with E-state index in [4.69, 9.17) is 4.74 Å². The lowest BCUT2D eigenvalue weighted by molar-refractivity contribution is -0.149. The number of thioether (sulfide) groups is 1. The fraction of sp³-hybridized carbons (Fsp3) is 0.611. The van der Waals surface area contributed by atoms with E-state index in [0.717, 1.165) is 32.2 Å². The molecule has 2 unspecified atom stereocenters. The van der Waals surface area contributed by atoms with E-state index < -0.39 is 0 Å². The Morgan fingerprint density at radius 3 is 2.95 bits per heavy atom. The average Bonchev–Trinajstić information content (AvgIpc) is 2.55. The molecule has 122 valence electrons. The van der Waals surface area contributed by atoms with E-state index in [0.29, 0.717) is 6.61 Å². The summed E-state index contributed by atoms with van der Waals surface area (Å²) in [4.78, 5) is 13.7. The SMILES string of the molecule is CCCCC(C(=O)OCC)C1NCCc2cc(SC)ccc21. The quantitative estimate of drug-likeness (QED) is 0.609. The van der Waals surface area contributed by atoms with Gasteiger partial charge in [-0.1, -0.05) is 25.8 Å². The zero-order valence-electron chi connectivity index (χ0n) is 13.9. The molecule has 0 fully saturated rings. The molecular formula is C18H27NO2S. The van der Waals surface area contributed by atoms with Gasteiger partial charge in [-0.15, -0.1) is 11.8 Å². The lowest BCUT2D eigenvalue weighted by Gasteiger charge is -2.32. The number of ether oxygens (including phenoxy) is 1. The van der Waals surface area contributed by atoms with Crippen molar-refractivity contribution in [3.63, 3.8) is 0 Å². The van der Waals surface area contributed by atoms with Gasteiger partial charge in [0.25, 0.3) is 0 Å². The van der Waals surface area contributed by atoms with Crippen molar-refractivity contribution >= 4 is 17.7 Å². The smallest absolute Gasteiger partial charge is 0.310 e. The summed E-state index contributed by atoms with van der Waals surface area (Å²) >= 11 is 1.77. The normalized spacial score (nSPS) is 18.6. The van der Waals surface area contributed by atoms with Crippen molar-refractivity contribution < 1.29 is 9.53 Å². The highest BCUT2D eigenvalue weighted by molar-refractivity contribution is 7.98. The van der Waals surface area contributed by atoms with E-state index in [-0.39, 0.29) is 17.9 Å². The topological polar surface area (TPSA) is 38.3 Å². The Bertz CT molecular complexity index is 504. The fourth-order valence-electron chi connectivity index (χ4n) is 3.15. The monoisotopic (exact) mass is 321 g/mol. The van der Waals surface area contributed by atoms with Crippen LogP contribution < -0.4 is 5.32 Å². The standard InChI is InChI=1S/C18H27NO2S/c1-4-6-7-16(18(20)21-5-2)17-15-9-8-14(22-3)12-13(15)10-11-19-17/h8-9,12,16-17,19H,4-7,10-11H2,1-3H3. The maximum Gasteiger partial charge on any atom is 0.310 e. The summed E-state index contributed by atoms with van der Waals surface area (Å²) < 4.78 is 5.33. The second kappa shape index (κ2) is 8.59. The van der Waals surface area contributed by atoms with Crippen LogP contribution in [0.15, 0.2) is 23.1 Å². The number of nitrogens with one attached hydrogen (secondary N) is 1. The first-order valence-corrected chi connectivity index (χ1v) is 9.50. The van der Waals surface area contributed by atoms with Crippen LogP contribution in [0.25, 0.3) is 0 Å².